The molecular formula is C24H41NO2. The Bertz CT molecular complexity index is 445. The topological polar surface area (TPSA) is 29.5 Å². The third-order valence-electron chi connectivity index (χ3n) is 4.98. The van der Waals surface area contributed by atoms with Gasteiger partial charge in [-0.05, 0) is 38.1 Å². The number of para-hydroxylation sites is 1. The predicted molar refractivity (Wildman–Crippen MR) is 115 cm³/mol. The Kier molecular flexibility index (Phi) is 14.7. The first-order valence-corrected chi connectivity index (χ1v) is 11.2. The lowest BCUT2D eigenvalue weighted by Crippen LogP contribution is -2.34. The summed E-state index contributed by atoms with van der Waals surface area (Å²) in [4.78, 5) is 14.6. The maximum atomic E-state index is 12.3. The minimum atomic E-state index is -0.141. The fraction of sp³-hybridized carbons (Fsp3) is 0.708. The van der Waals surface area contributed by atoms with Crippen LogP contribution >= 0.6 is 0 Å². The highest BCUT2D eigenvalue weighted by Crippen LogP contribution is 2.11. The number of carbonyl (C=O) groups is 1. The number of benzene rings is 1. The number of hydrogen-bond acceptors (Lipinski definition) is 3. The van der Waals surface area contributed by atoms with Gasteiger partial charge in [0.1, 0.15) is 5.75 Å². The van der Waals surface area contributed by atoms with Crippen LogP contribution in [0.4, 0.5) is 0 Å². The Balaban J connectivity index is 2.32. The molecule has 0 unspecified atom stereocenters. The van der Waals surface area contributed by atoms with Gasteiger partial charge in [-0.15, -0.1) is 0 Å². The summed E-state index contributed by atoms with van der Waals surface area (Å²) in [5.41, 5.74) is 0. The Morgan fingerprint density at radius 1 is 0.741 bits per heavy atom. The number of nitrogens with zero attached hydrogens (tertiary/aromatic N) is 1. The van der Waals surface area contributed by atoms with E-state index in [1.807, 2.05) is 30.3 Å². The summed E-state index contributed by atoms with van der Waals surface area (Å²) < 4.78 is 5.48. The third kappa shape index (κ3) is 13.5. The summed E-state index contributed by atoms with van der Waals surface area (Å²) in [7, 11) is 0. The van der Waals surface area contributed by atoms with Crippen LogP contribution in [0.3, 0.4) is 0 Å². The molecule has 0 atom stereocenters. The molecule has 0 aliphatic heterocycles. The first-order valence-electron chi connectivity index (χ1n) is 11.2. The van der Waals surface area contributed by atoms with Crippen LogP contribution in [0.1, 0.15) is 90.9 Å². The van der Waals surface area contributed by atoms with Crippen molar-refractivity contribution in [2.45, 2.75) is 90.9 Å². The van der Waals surface area contributed by atoms with Gasteiger partial charge in [0, 0.05) is 0 Å². The zero-order valence-electron chi connectivity index (χ0n) is 17.8. The molecule has 0 N–H and O–H groups in total. The summed E-state index contributed by atoms with van der Waals surface area (Å²) in [6, 6.07) is 9.40. The Morgan fingerprint density at radius 3 is 1.74 bits per heavy atom. The highest BCUT2D eigenvalue weighted by Gasteiger charge is 2.12. The summed E-state index contributed by atoms with van der Waals surface area (Å²) in [6.45, 7) is 6.91. The maximum absolute atomic E-state index is 12.3. The van der Waals surface area contributed by atoms with Gasteiger partial charge < -0.3 is 4.74 Å². The van der Waals surface area contributed by atoms with E-state index >= 15 is 0 Å². The summed E-state index contributed by atoms with van der Waals surface area (Å²) in [5, 5.41) is 0. The Morgan fingerprint density at radius 2 is 1.22 bits per heavy atom. The van der Waals surface area contributed by atoms with Crippen molar-refractivity contribution in [1.29, 1.82) is 0 Å². The van der Waals surface area contributed by atoms with Gasteiger partial charge in [-0.3, -0.25) is 9.69 Å². The van der Waals surface area contributed by atoms with Crippen LogP contribution in [0.15, 0.2) is 30.3 Å². The molecule has 0 saturated heterocycles. The van der Waals surface area contributed by atoms with Crippen LogP contribution in [0.5, 0.6) is 5.75 Å². The molecule has 0 saturated carbocycles. The normalized spacial score (nSPS) is 11.1. The van der Waals surface area contributed by atoms with Crippen molar-refractivity contribution in [2.24, 2.45) is 0 Å². The lowest BCUT2D eigenvalue weighted by molar-refractivity contribution is -0.135. The highest BCUT2D eigenvalue weighted by atomic mass is 16.5. The van der Waals surface area contributed by atoms with Gasteiger partial charge in [0.25, 0.3) is 0 Å². The Hall–Kier alpha value is -1.35. The van der Waals surface area contributed by atoms with E-state index in [1.165, 1.54) is 77.0 Å². The van der Waals surface area contributed by atoms with Crippen LogP contribution in [-0.4, -0.2) is 30.5 Å². The molecule has 0 heterocycles. The molecule has 0 aliphatic carbocycles. The van der Waals surface area contributed by atoms with E-state index in [2.05, 4.69) is 18.7 Å². The molecule has 0 aliphatic rings. The quantitative estimate of drug-likeness (QED) is 0.174. The molecule has 27 heavy (non-hydrogen) atoms. The first-order chi connectivity index (χ1) is 13.3. The minimum absolute atomic E-state index is 0.141. The molecule has 0 aromatic heterocycles. The molecule has 0 spiro atoms. The SMILES string of the molecule is CCCCCCCCN(CCCCCCCC)CC(=O)Oc1ccccc1. The largest absolute Gasteiger partial charge is 0.426 e. The predicted octanol–water partition coefficient (Wildman–Crippen LogP) is 6.62. The fourth-order valence-electron chi connectivity index (χ4n) is 3.34. The number of rotatable bonds is 17. The van der Waals surface area contributed by atoms with E-state index in [0.717, 1.165) is 13.1 Å². The standard InChI is InChI=1S/C24H41NO2/c1-3-5-7-9-11-16-20-25(21-17-12-10-8-6-4-2)22-24(26)27-23-18-14-13-15-19-23/h13-15,18-19H,3-12,16-17,20-22H2,1-2H3. The van der Waals surface area contributed by atoms with Gasteiger partial charge in [-0.2, -0.15) is 0 Å². The van der Waals surface area contributed by atoms with E-state index in [-0.39, 0.29) is 5.97 Å². The maximum Gasteiger partial charge on any atom is 0.325 e. The van der Waals surface area contributed by atoms with Crippen LogP contribution in [0.25, 0.3) is 0 Å². The minimum Gasteiger partial charge on any atom is -0.426 e. The van der Waals surface area contributed by atoms with Crippen molar-refractivity contribution in [2.75, 3.05) is 19.6 Å². The van der Waals surface area contributed by atoms with Crippen LogP contribution in [0.2, 0.25) is 0 Å². The van der Waals surface area contributed by atoms with Crippen molar-refractivity contribution in [3.63, 3.8) is 0 Å². The summed E-state index contributed by atoms with van der Waals surface area (Å²) in [5.74, 6) is 0.500. The molecule has 1 aromatic rings. The van der Waals surface area contributed by atoms with Gasteiger partial charge in [-0.25, -0.2) is 0 Å². The van der Waals surface area contributed by atoms with E-state index in [0.29, 0.717) is 12.3 Å². The number of ether oxygens (including phenoxy) is 1. The van der Waals surface area contributed by atoms with E-state index in [9.17, 15) is 4.79 Å². The van der Waals surface area contributed by atoms with Gasteiger partial charge in [0.05, 0.1) is 6.54 Å². The van der Waals surface area contributed by atoms with Crippen LogP contribution in [0, 0.1) is 0 Å². The average Bonchev–Trinajstić information content (AvgIpc) is 2.67. The third-order valence-corrected chi connectivity index (χ3v) is 4.98. The number of hydrogen-bond donors (Lipinski definition) is 0. The molecule has 0 fully saturated rings. The second-order valence-electron chi connectivity index (χ2n) is 7.60. The highest BCUT2D eigenvalue weighted by molar-refractivity contribution is 5.74. The van der Waals surface area contributed by atoms with Crippen molar-refractivity contribution in [1.82, 2.24) is 4.90 Å². The molecular weight excluding hydrogens is 334 g/mol. The molecule has 1 aromatic carbocycles. The van der Waals surface area contributed by atoms with Crippen molar-refractivity contribution in [3.05, 3.63) is 30.3 Å². The zero-order valence-corrected chi connectivity index (χ0v) is 17.8. The monoisotopic (exact) mass is 375 g/mol. The Labute approximate surface area is 167 Å². The molecule has 154 valence electrons. The lowest BCUT2D eigenvalue weighted by Gasteiger charge is -2.21. The molecule has 0 bridgehead atoms. The average molecular weight is 376 g/mol. The van der Waals surface area contributed by atoms with Gasteiger partial charge in [0.15, 0.2) is 0 Å². The van der Waals surface area contributed by atoms with Gasteiger partial charge >= 0.3 is 5.97 Å². The van der Waals surface area contributed by atoms with Gasteiger partial charge in [0.2, 0.25) is 0 Å². The summed E-state index contributed by atoms with van der Waals surface area (Å²) in [6.07, 6.45) is 15.4. The molecule has 3 heteroatoms. The fourth-order valence-corrected chi connectivity index (χ4v) is 3.34. The lowest BCUT2D eigenvalue weighted by atomic mass is 10.1. The van der Waals surface area contributed by atoms with Gasteiger partial charge in [-0.1, -0.05) is 96.3 Å². The molecule has 1 rings (SSSR count). The molecule has 3 nitrogen and oxygen atoms in total. The summed E-state index contributed by atoms with van der Waals surface area (Å²) >= 11 is 0. The van der Waals surface area contributed by atoms with E-state index in [1.54, 1.807) is 0 Å². The smallest absolute Gasteiger partial charge is 0.325 e. The van der Waals surface area contributed by atoms with Crippen molar-refractivity contribution >= 4 is 5.97 Å². The second kappa shape index (κ2) is 16.8. The van der Waals surface area contributed by atoms with Crippen LogP contribution in [-0.2, 0) is 4.79 Å². The number of esters is 1. The number of carbonyl (C=O) groups excluding carboxylic acids is 1. The number of unbranched alkanes of at least 4 members (excludes halogenated alkanes) is 10. The zero-order chi connectivity index (χ0) is 19.6. The van der Waals surface area contributed by atoms with Crippen molar-refractivity contribution < 1.29 is 9.53 Å². The molecule has 0 amide bonds. The van der Waals surface area contributed by atoms with Crippen LogP contribution < -0.4 is 4.74 Å². The second-order valence-corrected chi connectivity index (χ2v) is 7.60. The van der Waals surface area contributed by atoms with Crippen molar-refractivity contribution in [3.8, 4) is 5.75 Å². The first kappa shape index (κ1) is 23.7. The van der Waals surface area contributed by atoms with E-state index in [4.69, 9.17) is 4.74 Å². The van der Waals surface area contributed by atoms with E-state index < -0.39 is 0 Å². The molecule has 0 radical (unpaired) electrons.